The van der Waals surface area contributed by atoms with Crippen molar-refractivity contribution in [3.05, 3.63) is 0 Å². The molecule has 0 saturated heterocycles. The Labute approximate surface area is 130 Å². The second kappa shape index (κ2) is 10.7. The second-order valence-corrected chi connectivity index (χ2v) is 5.42. The molecule has 0 radical (unpaired) electrons. The first kappa shape index (κ1) is 23.2. The molecule has 8 heteroatoms. The lowest BCUT2D eigenvalue weighted by atomic mass is 10.2. The number of hydrogen-bond donors (Lipinski definition) is 2. The Hall–Kier alpha value is -1.02. The van der Waals surface area contributed by atoms with Gasteiger partial charge in [0.05, 0.1) is 0 Å². The van der Waals surface area contributed by atoms with E-state index in [9.17, 15) is 18.0 Å². The fourth-order valence-electron chi connectivity index (χ4n) is 1.31. The first-order valence-corrected chi connectivity index (χ1v) is 7.34. The number of carbonyl (C=O) groups is 1. The summed E-state index contributed by atoms with van der Waals surface area (Å²) < 4.78 is 41.8. The molecule has 0 saturated carbocycles. The summed E-state index contributed by atoms with van der Waals surface area (Å²) in [7, 11) is 1.66. The minimum absolute atomic E-state index is 0.204. The molecule has 0 heterocycles. The van der Waals surface area contributed by atoms with E-state index in [1.54, 1.807) is 27.8 Å². The van der Waals surface area contributed by atoms with E-state index in [0.29, 0.717) is 6.54 Å². The lowest BCUT2D eigenvalue weighted by molar-refractivity contribution is -0.206. The van der Waals surface area contributed by atoms with Crippen molar-refractivity contribution in [2.24, 2.45) is 0 Å². The molecule has 0 aliphatic carbocycles. The zero-order valence-corrected chi connectivity index (χ0v) is 14.3. The van der Waals surface area contributed by atoms with Gasteiger partial charge in [-0.15, -0.1) is 0 Å². The lowest BCUT2D eigenvalue weighted by Crippen LogP contribution is -2.42. The third-order valence-corrected chi connectivity index (χ3v) is 2.33. The van der Waals surface area contributed by atoms with Crippen molar-refractivity contribution in [2.45, 2.75) is 58.9 Å². The van der Waals surface area contributed by atoms with E-state index in [1.165, 1.54) is 0 Å². The number of hydrogen-bond acceptors (Lipinski definition) is 4. The summed E-state index contributed by atoms with van der Waals surface area (Å²) in [6.45, 7) is 9.41. The number of likely N-dealkylation sites (N-methyl/N-ethyl adjacent to an activating group) is 1. The van der Waals surface area contributed by atoms with Crippen molar-refractivity contribution in [1.29, 1.82) is 0 Å². The number of aliphatic hydroxyl groups is 1. The molecule has 22 heavy (non-hydrogen) atoms. The van der Waals surface area contributed by atoms with Crippen molar-refractivity contribution >= 4 is 6.09 Å². The van der Waals surface area contributed by atoms with Gasteiger partial charge in [-0.3, -0.25) is 0 Å². The first-order valence-electron chi connectivity index (χ1n) is 7.34. The van der Waals surface area contributed by atoms with Crippen LogP contribution in [0.1, 0.15) is 41.0 Å². The molecule has 0 rings (SSSR count). The molecule has 0 aromatic rings. The number of nitrogens with zero attached hydrogens (tertiary/aromatic N) is 1. The highest BCUT2D eigenvalue weighted by molar-refractivity contribution is 5.68. The third-order valence-electron chi connectivity index (χ3n) is 2.33. The van der Waals surface area contributed by atoms with Gasteiger partial charge in [0.25, 0.3) is 0 Å². The SMILES string of the molecule is CC.CNCCN(CCC(O)C(F)(F)F)C(=O)OC(C)(C)C. The molecule has 1 amide bonds. The minimum Gasteiger partial charge on any atom is -0.444 e. The minimum atomic E-state index is -4.68. The van der Waals surface area contributed by atoms with Gasteiger partial charge in [0, 0.05) is 19.6 Å². The van der Waals surface area contributed by atoms with E-state index >= 15 is 0 Å². The molecule has 1 atom stereocenters. The van der Waals surface area contributed by atoms with Crippen LogP contribution in [-0.4, -0.2) is 60.7 Å². The Balaban J connectivity index is 0. The topological polar surface area (TPSA) is 61.8 Å². The summed E-state index contributed by atoms with van der Waals surface area (Å²) in [5.41, 5.74) is -0.725. The molecule has 0 aromatic heterocycles. The van der Waals surface area contributed by atoms with E-state index in [1.807, 2.05) is 13.8 Å². The highest BCUT2D eigenvalue weighted by atomic mass is 19.4. The average Bonchev–Trinajstić information content (AvgIpc) is 2.37. The van der Waals surface area contributed by atoms with Gasteiger partial charge in [0.15, 0.2) is 6.10 Å². The van der Waals surface area contributed by atoms with Crippen LogP contribution in [-0.2, 0) is 4.74 Å². The molecule has 0 bridgehead atoms. The zero-order valence-electron chi connectivity index (χ0n) is 14.3. The van der Waals surface area contributed by atoms with Gasteiger partial charge in [-0.2, -0.15) is 13.2 Å². The summed E-state index contributed by atoms with van der Waals surface area (Å²) in [6.07, 6.45) is -8.39. The van der Waals surface area contributed by atoms with Gasteiger partial charge in [0.2, 0.25) is 0 Å². The largest absolute Gasteiger partial charge is 0.444 e. The molecule has 2 N–H and O–H groups in total. The van der Waals surface area contributed by atoms with E-state index in [0.717, 1.165) is 4.90 Å². The second-order valence-electron chi connectivity index (χ2n) is 5.42. The van der Waals surface area contributed by atoms with Crippen LogP contribution in [0, 0.1) is 0 Å². The van der Waals surface area contributed by atoms with Crippen molar-refractivity contribution in [2.75, 3.05) is 26.7 Å². The van der Waals surface area contributed by atoms with E-state index < -0.39 is 30.4 Å². The summed E-state index contributed by atoms with van der Waals surface area (Å²) in [4.78, 5) is 13.0. The lowest BCUT2D eigenvalue weighted by Gasteiger charge is -2.28. The monoisotopic (exact) mass is 330 g/mol. The maximum absolute atomic E-state index is 12.2. The number of halogens is 3. The number of alkyl halides is 3. The van der Waals surface area contributed by atoms with Gasteiger partial charge < -0.3 is 20.1 Å². The van der Waals surface area contributed by atoms with Gasteiger partial charge in [-0.25, -0.2) is 4.79 Å². The smallest absolute Gasteiger partial charge is 0.414 e. The maximum atomic E-state index is 12.2. The van der Waals surface area contributed by atoms with Gasteiger partial charge in [0.1, 0.15) is 5.60 Å². The summed E-state index contributed by atoms with van der Waals surface area (Å²) >= 11 is 0. The Bertz CT molecular complexity index is 305. The van der Waals surface area contributed by atoms with Crippen LogP contribution in [0.3, 0.4) is 0 Å². The number of ether oxygens (including phenoxy) is 1. The van der Waals surface area contributed by atoms with Crippen LogP contribution >= 0.6 is 0 Å². The summed E-state index contributed by atoms with van der Waals surface area (Å²) in [5, 5.41) is 11.8. The molecule has 0 aromatic carbocycles. The number of aliphatic hydroxyl groups excluding tert-OH is 1. The van der Waals surface area contributed by atoms with Crippen LogP contribution in [0.2, 0.25) is 0 Å². The van der Waals surface area contributed by atoms with Crippen LogP contribution in [0.25, 0.3) is 0 Å². The molecule has 0 aliphatic rings. The molecule has 5 nitrogen and oxygen atoms in total. The third kappa shape index (κ3) is 11.6. The zero-order chi connectivity index (χ0) is 18.0. The fraction of sp³-hybridized carbons (Fsp3) is 0.929. The highest BCUT2D eigenvalue weighted by Crippen LogP contribution is 2.22. The van der Waals surface area contributed by atoms with Crippen molar-refractivity contribution in [1.82, 2.24) is 10.2 Å². The van der Waals surface area contributed by atoms with Crippen LogP contribution in [0.15, 0.2) is 0 Å². The predicted octanol–water partition coefficient (Wildman–Crippen LogP) is 2.78. The number of carbonyl (C=O) groups excluding carboxylic acids is 1. The standard InChI is InChI=1S/C12H23F3N2O3.C2H6/c1-11(2,3)20-10(19)17(8-6-16-4)7-5-9(18)12(13,14)15;1-2/h9,16,18H,5-8H2,1-4H3;1-2H3. The first-order chi connectivity index (χ1) is 9.97. The Morgan fingerprint density at radius 2 is 1.73 bits per heavy atom. The van der Waals surface area contributed by atoms with Crippen molar-refractivity contribution in [3.8, 4) is 0 Å². The van der Waals surface area contributed by atoms with Crippen molar-refractivity contribution < 1.29 is 27.8 Å². The predicted molar refractivity (Wildman–Crippen MR) is 79.8 cm³/mol. The average molecular weight is 330 g/mol. The molecule has 134 valence electrons. The summed E-state index contributed by atoms with van der Waals surface area (Å²) in [6, 6.07) is 0. The quantitative estimate of drug-likeness (QED) is 0.786. The van der Waals surface area contributed by atoms with Gasteiger partial charge >= 0.3 is 12.3 Å². The number of amides is 1. The van der Waals surface area contributed by atoms with Crippen LogP contribution in [0.4, 0.5) is 18.0 Å². The number of rotatable bonds is 6. The molecular formula is C14H29F3N2O3. The molecular weight excluding hydrogens is 301 g/mol. The van der Waals surface area contributed by atoms with E-state index in [-0.39, 0.29) is 13.1 Å². The Morgan fingerprint density at radius 1 is 1.23 bits per heavy atom. The Morgan fingerprint density at radius 3 is 2.09 bits per heavy atom. The molecule has 0 spiro atoms. The maximum Gasteiger partial charge on any atom is 0.414 e. The van der Waals surface area contributed by atoms with Crippen LogP contribution in [0.5, 0.6) is 0 Å². The number of nitrogens with one attached hydrogen (secondary N) is 1. The fourth-order valence-corrected chi connectivity index (χ4v) is 1.31. The molecule has 0 aliphatic heterocycles. The van der Waals surface area contributed by atoms with Crippen LogP contribution < -0.4 is 5.32 Å². The van der Waals surface area contributed by atoms with Gasteiger partial charge in [-0.1, -0.05) is 13.8 Å². The van der Waals surface area contributed by atoms with E-state index in [4.69, 9.17) is 9.84 Å². The van der Waals surface area contributed by atoms with Crippen molar-refractivity contribution in [3.63, 3.8) is 0 Å². The summed E-state index contributed by atoms with van der Waals surface area (Å²) in [5.74, 6) is 0. The normalized spacial score (nSPS) is 13.0. The van der Waals surface area contributed by atoms with Gasteiger partial charge in [-0.05, 0) is 34.2 Å². The molecule has 0 fully saturated rings. The highest BCUT2D eigenvalue weighted by Gasteiger charge is 2.38. The van der Waals surface area contributed by atoms with E-state index in [2.05, 4.69) is 5.32 Å². The molecule has 1 unspecified atom stereocenters. The Kier molecular flexibility index (Phi) is 11.3.